The molecule has 1 aliphatic rings. The van der Waals surface area contributed by atoms with Crippen molar-refractivity contribution in [3.05, 3.63) is 43.0 Å². The molecule has 0 amide bonds. The predicted molar refractivity (Wildman–Crippen MR) is 77.4 cm³/mol. The van der Waals surface area contributed by atoms with Crippen molar-refractivity contribution in [1.29, 1.82) is 0 Å². The van der Waals surface area contributed by atoms with Crippen LogP contribution in [0, 0.1) is 0 Å². The Morgan fingerprint density at radius 1 is 1.22 bits per heavy atom. The topological polar surface area (TPSA) is 17.1 Å². The van der Waals surface area contributed by atoms with Crippen LogP contribution >= 0.6 is 0 Å². The number of hydrogen-bond donors (Lipinski definition) is 0. The fourth-order valence-electron chi connectivity index (χ4n) is 2.55. The van der Waals surface area contributed by atoms with Gasteiger partial charge in [-0.25, -0.2) is 0 Å². The molecule has 0 heterocycles. The maximum atomic E-state index is 12.5. The molecule has 1 aromatic rings. The molecular weight excluding hydrogens is 287 g/mol. The first-order valence-corrected chi connectivity index (χ1v) is 8.36. The van der Waals surface area contributed by atoms with E-state index < -0.39 is 0 Å². The van der Waals surface area contributed by atoms with E-state index in [1.807, 2.05) is 12.1 Å². The number of carbonyl (C=O) groups is 1. The normalized spacial score (nSPS) is 24.6. The fraction of sp³-hybridized carbons (Fsp3) is 0.438. The van der Waals surface area contributed by atoms with Crippen molar-refractivity contribution in [2.24, 2.45) is 0 Å². The van der Waals surface area contributed by atoms with E-state index in [1.54, 1.807) is 0 Å². The molecule has 0 aliphatic heterocycles. The van der Waals surface area contributed by atoms with Gasteiger partial charge in [0.05, 0.1) is 0 Å². The third kappa shape index (κ3) is 3.13. The zero-order chi connectivity index (χ0) is 12.8. The summed E-state index contributed by atoms with van der Waals surface area (Å²) in [5.41, 5.74) is 0. The standard InChI is InChI=1S/C16H20OSe/c1-2-12-16(13-8-4-7-11-15(16)17)18-14-9-5-3-6-10-14/h2-3,5-6,9-10H,1,4,7-8,11-13H2. The van der Waals surface area contributed by atoms with Gasteiger partial charge in [-0.05, 0) is 0 Å². The number of Topliss-reactive ketones (excluding diaryl/α,β-unsaturated/α-hetero) is 1. The van der Waals surface area contributed by atoms with Gasteiger partial charge in [-0.3, -0.25) is 0 Å². The van der Waals surface area contributed by atoms with E-state index in [0.29, 0.717) is 5.78 Å². The van der Waals surface area contributed by atoms with E-state index in [4.69, 9.17) is 0 Å². The van der Waals surface area contributed by atoms with Gasteiger partial charge in [0.15, 0.2) is 0 Å². The minimum atomic E-state index is -0.118. The average molecular weight is 307 g/mol. The Hall–Kier alpha value is -0.851. The van der Waals surface area contributed by atoms with Crippen LogP contribution < -0.4 is 4.46 Å². The first-order chi connectivity index (χ1) is 8.77. The molecule has 0 N–H and O–H groups in total. The zero-order valence-electron chi connectivity index (χ0n) is 10.7. The number of benzene rings is 1. The summed E-state index contributed by atoms with van der Waals surface area (Å²) in [6.45, 7) is 3.86. The Balaban J connectivity index is 2.24. The number of allylic oxidation sites excluding steroid dienone is 1. The molecule has 1 aromatic carbocycles. The number of hydrogen-bond acceptors (Lipinski definition) is 1. The SMILES string of the molecule is C=CCC1([Se]c2ccccc2)CCCCCC1=O. The second-order valence-electron chi connectivity index (χ2n) is 4.89. The molecule has 1 nitrogen and oxygen atoms in total. The predicted octanol–water partition coefficient (Wildman–Crippen LogP) is 3.28. The minimum absolute atomic E-state index is 0.118. The van der Waals surface area contributed by atoms with E-state index in [2.05, 4.69) is 30.8 Å². The van der Waals surface area contributed by atoms with Crippen molar-refractivity contribution in [3.63, 3.8) is 0 Å². The van der Waals surface area contributed by atoms with Crippen LogP contribution in [0.15, 0.2) is 43.0 Å². The van der Waals surface area contributed by atoms with Crippen molar-refractivity contribution in [2.45, 2.75) is 42.8 Å². The summed E-state index contributed by atoms with van der Waals surface area (Å²) in [5, 5.41) is 0. The van der Waals surface area contributed by atoms with E-state index >= 15 is 0 Å². The monoisotopic (exact) mass is 308 g/mol. The Morgan fingerprint density at radius 3 is 2.72 bits per heavy atom. The van der Waals surface area contributed by atoms with Gasteiger partial charge in [0.1, 0.15) is 0 Å². The van der Waals surface area contributed by atoms with Gasteiger partial charge in [0.25, 0.3) is 0 Å². The quantitative estimate of drug-likeness (QED) is 0.474. The van der Waals surface area contributed by atoms with E-state index in [9.17, 15) is 4.79 Å². The van der Waals surface area contributed by atoms with Crippen LogP contribution in [0.3, 0.4) is 0 Å². The van der Waals surface area contributed by atoms with E-state index in [-0.39, 0.29) is 19.3 Å². The second kappa shape index (κ2) is 6.36. The van der Waals surface area contributed by atoms with Gasteiger partial charge in [0, 0.05) is 0 Å². The summed E-state index contributed by atoms with van der Waals surface area (Å²) in [6, 6.07) is 10.5. The molecular formula is C16H20OSe. The summed E-state index contributed by atoms with van der Waals surface area (Å²) in [4.78, 5) is 12.5. The Bertz CT molecular complexity index is 412. The summed E-state index contributed by atoms with van der Waals surface area (Å²) < 4.78 is 1.22. The van der Waals surface area contributed by atoms with Gasteiger partial charge in [0.2, 0.25) is 0 Å². The van der Waals surface area contributed by atoms with Crippen LogP contribution in [-0.2, 0) is 4.79 Å². The van der Waals surface area contributed by atoms with Crippen LogP contribution in [0.25, 0.3) is 0 Å². The van der Waals surface area contributed by atoms with Gasteiger partial charge in [-0.1, -0.05) is 0 Å². The molecule has 1 atom stereocenters. The maximum absolute atomic E-state index is 12.5. The number of carbonyl (C=O) groups excluding carboxylic acids is 1. The number of ketones is 1. The molecule has 2 heteroatoms. The molecule has 0 radical (unpaired) electrons. The third-order valence-electron chi connectivity index (χ3n) is 3.52. The van der Waals surface area contributed by atoms with Crippen molar-refractivity contribution in [3.8, 4) is 0 Å². The summed E-state index contributed by atoms with van der Waals surface area (Å²) in [6.07, 6.45) is 8.07. The molecule has 1 saturated carbocycles. The fourth-order valence-corrected chi connectivity index (χ4v) is 5.51. The van der Waals surface area contributed by atoms with Crippen LogP contribution in [0.2, 0.25) is 4.31 Å². The van der Waals surface area contributed by atoms with Crippen LogP contribution in [0.5, 0.6) is 0 Å². The zero-order valence-corrected chi connectivity index (χ0v) is 12.4. The molecule has 0 spiro atoms. The summed E-state index contributed by atoms with van der Waals surface area (Å²) >= 11 is 0.226. The molecule has 0 saturated heterocycles. The molecule has 2 rings (SSSR count). The third-order valence-corrected chi connectivity index (χ3v) is 6.66. The first kappa shape index (κ1) is 13.6. The van der Waals surface area contributed by atoms with Gasteiger partial charge in [-0.15, -0.1) is 0 Å². The van der Waals surface area contributed by atoms with Crippen molar-refractivity contribution in [1.82, 2.24) is 0 Å². The molecule has 1 aliphatic carbocycles. The van der Waals surface area contributed by atoms with Crippen LogP contribution in [0.1, 0.15) is 38.5 Å². The van der Waals surface area contributed by atoms with Crippen molar-refractivity contribution in [2.75, 3.05) is 0 Å². The Kier molecular flexibility index (Phi) is 4.79. The molecule has 1 fully saturated rings. The molecule has 96 valence electrons. The van der Waals surface area contributed by atoms with Gasteiger partial charge < -0.3 is 0 Å². The molecule has 18 heavy (non-hydrogen) atoms. The summed E-state index contributed by atoms with van der Waals surface area (Å²) in [5.74, 6) is 0.476. The van der Waals surface area contributed by atoms with Crippen LogP contribution in [-0.4, -0.2) is 20.7 Å². The second-order valence-corrected chi connectivity index (χ2v) is 7.94. The van der Waals surface area contributed by atoms with E-state index in [1.165, 1.54) is 17.3 Å². The molecule has 1 unspecified atom stereocenters. The Labute approximate surface area is 116 Å². The van der Waals surface area contributed by atoms with E-state index in [0.717, 1.165) is 25.7 Å². The summed E-state index contributed by atoms with van der Waals surface area (Å²) in [7, 11) is 0. The van der Waals surface area contributed by atoms with Crippen molar-refractivity contribution >= 4 is 25.2 Å². The number of rotatable bonds is 4. The van der Waals surface area contributed by atoms with Gasteiger partial charge >= 0.3 is 116 Å². The molecule has 0 aromatic heterocycles. The van der Waals surface area contributed by atoms with Gasteiger partial charge in [-0.2, -0.15) is 0 Å². The van der Waals surface area contributed by atoms with Crippen LogP contribution in [0.4, 0.5) is 0 Å². The Morgan fingerprint density at radius 2 is 2.00 bits per heavy atom. The molecule has 0 bridgehead atoms. The van der Waals surface area contributed by atoms with Crippen molar-refractivity contribution < 1.29 is 4.79 Å². The first-order valence-electron chi connectivity index (χ1n) is 6.65. The average Bonchev–Trinajstić information content (AvgIpc) is 2.55.